The number of hydrogen-bond donors (Lipinski definition) is 0. The number of rotatable bonds is 16. The van der Waals surface area contributed by atoms with Gasteiger partial charge in [-0.25, -0.2) is 0 Å². The van der Waals surface area contributed by atoms with Crippen molar-refractivity contribution in [3.63, 3.8) is 0 Å². The van der Waals surface area contributed by atoms with Crippen LogP contribution < -0.4 is 0 Å². The summed E-state index contributed by atoms with van der Waals surface area (Å²) in [6.07, 6.45) is 16.3. The maximum Gasteiger partial charge on any atom is 0.122 e. The molecule has 0 aliphatic carbocycles. The minimum Gasteiger partial charge on any atom is -0.381 e. The largest absolute Gasteiger partial charge is 0.381 e. The van der Waals surface area contributed by atoms with Gasteiger partial charge in [0.25, 0.3) is 0 Å². The molecule has 0 saturated carbocycles. The molecular weight excluding hydrogens is 319 g/mol. The van der Waals surface area contributed by atoms with Crippen molar-refractivity contribution < 1.29 is 9.47 Å². The van der Waals surface area contributed by atoms with Crippen molar-refractivity contribution in [2.45, 2.75) is 90.9 Å². The lowest BCUT2D eigenvalue weighted by molar-refractivity contribution is 0.125. The maximum atomic E-state index is 5.65. The first-order valence-electron chi connectivity index (χ1n) is 9.10. The topological polar surface area (TPSA) is 18.5 Å². The van der Waals surface area contributed by atoms with Crippen LogP contribution in [0.4, 0.5) is 0 Å². The number of ether oxygens (including phenoxy) is 2. The van der Waals surface area contributed by atoms with Gasteiger partial charge >= 0.3 is 0 Å². The van der Waals surface area contributed by atoms with Crippen LogP contribution in [0.2, 0.25) is 0 Å². The summed E-state index contributed by atoms with van der Waals surface area (Å²) >= 11 is 9.99. The quantitative estimate of drug-likeness (QED) is 0.216. The second-order valence-electron chi connectivity index (χ2n) is 5.57. The lowest BCUT2D eigenvalue weighted by Crippen LogP contribution is -1.97. The molecule has 0 fully saturated rings. The van der Waals surface area contributed by atoms with Gasteiger partial charge in [0.2, 0.25) is 0 Å². The van der Waals surface area contributed by atoms with Crippen molar-refractivity contribution >= 4 is 23.2 Å². The van der Waals surface area contributed by atoms with Crippen LogP contribution in [-0.2, 0) is 9.47 Å². The van der Waals surface area contributed by atoms with Crippen LogP contribution in [0.1, 0.15) is 90.9 Å². The zero-order valence-electron chi connectivity index (χ0n) is 14.9. The second-order valence-corrected chi connectivity index (χ2v) is 6.01. The molecule has 0 heterocycles. The Balaban J connectivity index is 0. The van der Waals surface area contributed by atoms with Crippen LogP contribution in [0, 0.1) is 0 Å². The summed E-state index contributed by atoms with van der Waals surface area (Å²) < 4.78 is 10.0. The minimum atomic E-state index is 0.184. The number of halogens is 2. The van der Waals surface area contributed by atoms with Gasteiger partial charge in [0.05, 0.1) is 0 Å². The fourth-order valence-corrected chi connectivity index (χ4v) is 2.33. The van der Waals surface area contributed by atoms with E-state index in [1.54, 1.807) is 0 Å². The van der Waals surface area contributed by atoms with Crippen LogP contribution in [0.5, 0.6) is 0 Å². The molecule has 0 radical (unpaired) electrons. The Morgan fingerprint density at radius 2 is 0.864 bits per heavy atom. The van der Waals surface area contributed by atoms with Crippen LogP contribution in [0.3, 0.4) is 0 Å². The van der Waals surface area contributed by atoms with E-state index in [4.69, 9.17) is 27.9 Å². The molecule has 0 saturated heterocycles. The highest BCUT2D eigenvalue weighted by molar-refractivity contribution is 6.18. The Morgan fingerprint density at radius 3 is 1.18 bits per heavy atom. The highest BCUT2D eigenvalue weighted by Crippen LogP contribution is 2.06. The molecule has 0 aromatic heterocycles. The van der Waals surface area contributed by atoms with Crippen LogP contribution in [0.15, 0.2) is 0 Å². The van der Waals surface area contributed by atoms with Crippen molar-refractivity contribution in [1.29, 1.82) is 0 Å². The molecule has 0 N–H and O–H groups in total. The fourth-order valence-electron chi connectivity index (χ4n) is 2.10. The highest BCUT2D eigenvalue weighted by Gasteiger charge is 1.92. The second kappa shape index (κ2) is 26.4. The molecule has 0 bridgehead atoms. The minimum absolute atomic E-state index is 0.184. The summed E-state index contributed by atoms with van der Waals surface area (Å²) in [5.74, 6) is 0. The summed E-state index contributed by atoms with van der Waals surface area (Å²) in [6, 6.07) is 0.368. The zero-order valence-corrected chi connectivity index (χ0v) is 16.4. The monoisotopic (exact) mass is 356 g/mol. The van der Waals surface area contributed by atoms with Gasteiger partial charge in [0.1, 0.15) is 12.1 Å². The van der Waals surface area contributed by atoms with Gasteiger partial charge in [0, 0.05) is 13.2 Å². The van der Waals surface area contributed by atoms with E-state index >= 15 is 0 Å². The molecular formula is C18H38Cl2O2. The fraction of sp³-hybridized carbons (Fsp3) is 1.00. The van der Waals surface area contributed by atoms with E-state index in [1.807, 2.05) is 0 Å². The average molecular weight is 357 g/mol. The van der Waals surface area contributed by atoms with Crippen molar-refractivity contribution in [3.05, 3.63) is 0 Å². The third kappa shape index (κ3) is 28.6. The average Bonchev–Trinajstić information content (AvgIpc) is 2.53. The highest BCUT2D eigenvalue weighted by atomic mass is 35.5. The molecule has 0 aliphatic heterocycles. The summed E-state index contributed by atoms with van der Waals surface area (Å²) in [6.45, 7) is 6.51. The Kier molecular flexibility index (Phi) is 29.7. The first kappa shape index (κ1) is 24.7. The van der Waals surface area contributed by atoms with Crippen LogP contribution >= 0.6 is 23.2 Å². The first-order chi connectivity index (χ1) is 10.8. The molecule has 0 aliphatic rings. The first-order valence-corrected chi connectivity index (χ1v) is 10.2. The van der Waals surface area contributed by atoms with Crippen molar-refractivity contribution in [2.75, 3.05) is 25.3 Å². The van der Waals surface area contributed by atoms with Crippen LogP contribution in [-0.4, -0.2) is 25.3 Å². The molecule has 22 heavy (non-hydrogen) atoms. The number of alkyl halides is 2. The summed E-state index contributed by atoms with van der Waals surface area (Å²) in [7, 11) is 0. The van der Waals surface area contributed by atoms with Gasteiger partial charge in [-0.05, 0) is 12.8 Å². The molecule has 0 amide bonds. The molecule has 136 valence electrons. The Hall–Kier alpha value is 0.500. The Labute approximate surface area is 149 Å². The van der Waals surface area contributed by atoms with Crippen molar-refractivity contribution in [1.82, 2.24) is 0 Å². The molecule has 0 aromatic carbocycles. The third-order valence-electron chi connectivity index (χ3n) is 3.44. The van der Waals surface area contributed by atoms with Crippen LogP contribution in [0.25, 0.3) is 0 Å². The van der Waals surface area contributed by atoms with Crippen molar-refractivity contribution in [3.8, 4) is 0 Å². The molecule has 0 spiro atoms. The predicted octanol–water partition coefficient (Wildman–Crippen LogP) is 7.12. The molecule has 0 aromatic rings. The van der Waals surface area contributed by atoms with E-state index in [2.05, 4.69) is 18.6 Å². The Bertz CT molecular complexity index is 153. The number of hydrogen-bond acceptors (Lipinski definition) is 2. The summed E-state index contributed by atoms with van der Waals surface area (Å²) in [4.78, 5) is 0. The van der Waals surface area contributed by atoms with E-state index in [-0.39, 0.29) is 12.1 Å². The predicted molar refractivity (Wildman–Crippen MR) is 100 cm³/mol. The third-order valence-corrected chi connectivity index (χ3v) is 3.75. The van der Waals surface area contributed by atoms with E-state index in [0.717, 1.165) is 13.2 Å². The zero-order chi connectivity index (χ0) is 16.7. The van der Waals surface area contributed by atoms with E-state index in [1.165, 1.54) is 77.0 Å². The molecule has 0 rings (SSSR count). The number of unbranched alkanes of at least 4 members (excludes halogenated alkanes) is 10. The molecule has 0 atom stereocenters. The van der Waals surface area contributed by atoms with Gasteiger partial charge in [-0.15, -0.1) is 0 Å². The SMILES string of the molecule is CCCCCCCCOCCCCCCCC.ClCOCCl. The normalized spacial score (nSPS) is 10.4. The molecule has 0 unspecified atom stereocenters. The van der Waals surface area contributed by atoms with E-state index < -0.39 is 0 Å². The van der Waals surface area contributed by atoms with E-state index in [9.17, 15) is 0 Å². The van der Waals surface area contributed by atoms with Gasteiger partial charge in [-0.1, -0.05) is 101 Å². The molecule has 2 nitrogen and oxygen atoms in total. The van der Waals surface area contributed by atoms with Gasteiger partial charge in [-0.2, -0.15) is 0 Å². The summed E-state index contributed by atoms with van der Waals surface area (Å²) in [5.41, 5.74) is 0. The van der Waals surface area contributed by atoms with E-state index in [0.29, 0.717) is 0 Å². The lowest BCUT2D eigenvalue weighted by Gasteiger charge is -2.04. The lowest BCUT2D eigenvalue weighted by atomic mass is 10.1. The molecule has 4 heteroatoms. The smallest absolute Gasteiger partial charge is 0.122 e. The Morgan fingerprint density at radius 1 is 0.500 bits per heavy atom. The summed E-state index contributed by atoms with van der Waals surface area (Å²) in [5, 5.41) is 0. The van der Waals surface area contributed by atoms with Gasteiger partial charge in [-0.3, -0.25) is 0 Å². The maximum absolute atomic E-state index is 5.65. The van der Waals surface area contributed by atoms with Gasteiger partial charge < -0.3 is 9.47 Å². The van der Waals surface area contributed by atoms with Crippen molar-refractivity contribution in [2.24, 2.45) is 0 Å². The standard InChI is InChI=1S/C16H34O.C2H4Cl2O/c1-3-5-7-9-11-13-15-17-16-14-12-10-8-6-4-2;3-1-5-2-4/h3-16H2,1-2H3;1-2H2. The van der Waals surface area contributed by atoms with Gasteiger partial charge in [0.15, 0.2) is 0 Å².